The highest BCUT2D eigenvalue weighted by Crippen LogP contribution is 2.19. The molecular weight excluding hydrogens is 234 g/mol. The van der Waals surface area contributed by atoms with Crippen LogP contribution in [0.5, 0.6) is 0 Å². The fourth-order valence-electron chi connectivity index (χ4n) is 1.80. The van der Waals surface area contributed by atoms with Crippen LogP contribution in [-0.2, 0) is 6.54 Å². The lowest BCUT2D eigenvalue weighted by Crippen LogP contribution is -2.29. The van der Waals surface area contributed by atoms with Crippen LogP contribution in [0.1, 0.15) is 5.89 Å². The lowest BCUT2D eigenvalue weighted by Gasteiger charge is -2.17. The van der Waals surface area contributed by atoms with Crippen LogP contribution >= 0.6 is 0 Å². The second-order valence-corrected chi connectivity index (χ2v) is 4.06. The monoisotopic (exact) mass is 251 g/mol. The first kappa shape index (κ1) is 12.8. The molecule has 98 valence electrons. The molecule has 0 atom stereocenters. The van der Waals surface area contributed by atoms with E-state index in [9.17, 15) is 0 Å². The summed E-state index contributed by atoms with van der Waals surface area (Å²) in [5, 5.41) is 17.9. The second kappa shape index (κ2) is 5.81. The van der Waals surface area contributed by atoms with Crippen molar-refractivity contribution in [3.8, 4) is 0 Å². The Kier molecular flexibility index (Phi) is 4.14. The Morgan fingerprint density at radius 2 is 1.94 bits per heavy atom. The summed E-state index contributed by atoms with van der Waals surface area (Å²) in [7, 11) is 0. The van der Waals surface area contributed by atoms with Crippen molar-refractivity contribution in [1.82, 2.24) is 9.88 Å². The number of hydrogen-bond acceptors (Lipinski definition) is 6. The Bertz CT molecular complexity index is 506. The van der Waals surface area contributed by atoms with E-state index < -0.39 is 0 Å². The molecule has 4 N–H and O–H groups in total. The Morgan fingerprint density at radius 3 is 2.61 bits per heavy atom. The van der Waals surface area contributed by atoms with Crippen molar-refractivity contribution in [3.05, 3.63) is 24.1 Å². The number of hydrogen-bond donors (Lipinski definition) is 3. The minimum absolute atomic E-state index is 0.0349. The standard InChI is InChI=1S/C12H17N3O3/c13-9-1-2-10-11(7-9)18-12(14-10)8-15(3-5-16)4-6-17/h1-2,7,16-17H,3-6,8,13H2. The van der Waals surface area contributed by atoms with E-state index in [-0.39, 0.29) is 13.2 Å². The first-order valence-corrected chi connectivity index (χ1v) is 5.82. The van der Waals surface area contributed by atoms with Crippen LogP contribution in [-0.4, -0.2) is 46.4 Å². The molecule has 0 aliphatic rings. The molecule has 2 aromatic rings. The molecule has 0 bridgehead atoms. The Morgan fingerprint density at radius 1 is 1.22 bits per heavy atom. The van der Waals surface area contributed by atoms with Crippen molar-refractivity contribution < 1.29 is 14.6 Å². The molecule has 1 aromatic carbocycles. The number of nitrogen functional groups attached to an aromatic ring is 1. The van der Waals surface area contributed by atoms with E-state index in [2.05, 4.69) is 4.98 Å². The summed E-state index contributed by atoms with van der Waals surface area (Å²) in [6.45, 7) is 1.47. The van der Waals surface area contributed by atoms with Gasteiger partial charge < -0.3 is 20.4 Å². The van der Waals surface area contributed by atoms with Gasteiger partial charge in [-0.1, -0.05) is 0 Å². The topological polar surface area (TPSA) is 95.8 Å². The molecule has 6 nitrogen and oxygen atoms in total. The van der Waals surface area contributed by atoms with Gasteiger partial charge in [0, 0.05) is 24.8 Å². The van der Waals surface area contributed by atoms with Gasteiger partial charge >= 0.3 is 0 Å². The zero-order valence-electron chi connectivity index (χ0n) is 10.0. The fourth-order valence-corrected chi connectivity index (χ4v) is 1.80. The summed E-state index contributed by atoms with van der Waals surface area (Å²) < 4.78 is 5.58. The van der Waals surface area contributed by atoms with E-state index in [1.807, 2.05) is 4.90 Å². The number of nitrogens with two attached hydrogens (primary N) is 1. The third-order valence-corrected chi connectivity index (χ3v) is 2.65. The summed E-state index contributed by atoms with van der Waals surface area (Å²) in [6.07, 6.45) is 0. The van der Waals surface area contributed by atoms with Gasteiger partial charge in [0.1, 0.15) is 5.52 Å². The van der Waals surface area contributed by atoms with Crippen molar-refractivity contribution >= 4 is 16.8 Å². The van der Waals surface area contributed by atoms with Crippen LogP contribution in [0.2, 0.25) is 0 Å². The number of benzene rings is 1. The third kappa shape index (κ3) is 2.98. The number of fused-ring (bicyclic) bond motifs is 1. The number of rotatable bonds is 6. The predicted octanol–water partition coefficient (Wildman–Crippen LogP) is 0.197. The van der Waals surface area contributed by atoms with Crippen molar-refractivity contribution in [1.29, 1.82) is 0 Å². The fraction of sp³-hybridized carbons (Fsp3) is 0.417. The van der Waals surface area contributed by atoms with E-state index >= 15 is 0 Å². The molecule has 18 heavy (non-hydrogen) atoms. The second-order valence-electron chi connectivity index (χ2n) is 4.06. The van der Waals surface area contributed by atoms with E-state index in [0.29, 0.717) is 36.8 Å². The molecule has 6 heteroatoms. The molecule has 0 spiro atoms. The van der Waals surface area contributed by atoms with Gasteiger partial charge in [-0.05, 0) is 12.1 Å². The number of aliphatic hydroxyl groups excluding tert-OH is 2. The van der Waals surface area contributed by atoms with E-state index in [0.717, 1.165) is 5.52 Å². The van der Waals surface area contributed by atoms with Gasteiger partial charge in [-0.15, -0.1) is 0 Å². The summed E-state index contributed by atoms with van der Waals surface area (Å²) >= 11 is 0. The highest BCUT2D eigenvalue weighted by molar-refractivity contribution is 5.76. The molecule has 0 amide bonds. The molecule has 0 saturated carbocycles. The maximum atomic E-state index is 8.93. The summed E-state index contributed by atoms with van der Waals surface area (Å²) in [4.78, 5) is 6.20. The number of oxazole rings is 1. The highest BCUT2D eigenvalue weighted by atomic mass is 16.3. The molecule has 1 heterocycles. The van der Waals surface area contributed by atoms with Crippen LogP contribution in [0.3, 0.4) is 0 Å². The van der Waals surface area contributed by atoms with Gasteiger partial charge in [0.2, 0.25) is 5.89 Å². The normalized spacial score (nSPS) is 11.5. The molecule has 1 aromatic heterocycles. The maximum Gasteiger partial charge on any atom is 0.209 e. The zero-order chi connectivity index (χ0) is 13.0. The Hall–Kier alpha value is -1.63. The molecule has 0 radical (unpaired) electrons. The molecule has 0 fully saturated rings. The SMILES string of the molecule is Nc1ccc2nc(CN(CCO)CCO)oc2c1. The minimum atomic E-state index is 0.0349. The van der Waals surface area contributed by atoms with Crippen LogP contribution in [0, 0.1) is 0 Å². The van der Waals surface area contributed by atoms with Gasteiger partial charge in [-0.2, -0.15) is 0 Å². The van der Waals surface area contributed by atoms with Gasteiger partial charge in [0.05, 0.1) is 19.8 Å². The summed E-state index contributed by atoms with van der Waals surface area (Å²) in [5.74, 6) is 0.553. The molecule has 0 unspecified atom stereocenters. The van der Waals surface area contributed by atoms with Crippen LogP contribution in [0.25, 0.3) is 11.1 Å². The quantitative estimate of drug-likeness (QED) is 0.635. The molecule has 0 aliphatic carbocycles. The van der Waals surface area contributed by atoms with E-state index in [1.54, 1.807) is 18.2 Å². The van der Waals surface area contributed by atoms with Crippen molar-refractivity contribution in [2.45, 2.75) is 6.54 Å². The summed E-state index contributed by atoms with van der Waals surface area (Å²) in [5.41, 5.74) is 7.71. The molecular formula is C12H17N3O3. The first-order chi connectivity index (χ1) is 8.72. The molecule has 0 saturated heterocycles. The van der Waals surface area contributed by atoms with E-state index in [4.69, 9.17) is 20.4 Å². The predicted molar refractivity (Wildman–Crippen MR) is 67.9 cm³/mol. The Balaban J connectivity index is 2.14. The number of aromatic nitrogens is 1. The van der Waals surface area contributed by atoms with Crippen molar-refractivity contribution in [3.63, 3.8) is 0 Å². The zero-order valence-corrected chi connectivity index (χ0v) is 10.0. The van der Waals surface area contributed by atoms with Crippen LogP contribution in [0.15, 0.2) is 22.6 Å². The number of anilines is 1. The lowest BCUT2D eigenvalue weighted by atomic mass is 10.3. The van der Waals surface area contributed by atoms with Gasteiger partial charge in [-0.3, -0.25) is 4.90 Å². The van der Waals surface area contributed by atoms with Crippen LogP contribution in [0.4, 0.5) is 5.69 Å². The average Bonchev–Trinajstić information content (AvgIpc) is 2.71. The minimum Gasteiger partial charge on any atom is -0.439 e. The van der Waals surface area contributed by atoms with E-state index in [1.165, 1.54) is 0 Å². The van der Waals surface area contributed by atoms with Crippen molar-refractivity contribution in [2.24, 2.45) is 0 Å². The summed E-state index contributed by atoms with van der Waals surface area (Å²) in [6, 6.07) is 5.31. The third-order valence-electron chi connectivity index (χ3n) is 2.65. The molecule has 0 aliphatic heterocycles. The largest absolute Gasteiger partial charge is 0.439 e. The highest BCUT2D eigenvalue weighted by Gasteiger charge is 2.11. The van der Waals surface area contributed by atoms with Gasteiger partial charge in [0.15, 0.2) is 5.58 Å². The maximum absolute atomic E-state index is 8.93. The Labute approximate surface area is 105 Å². The lowest BCUT2D eigenvalue weighted by molar-refractivity contribution is 0.147. The number of aliphatic hydroxyl groups is 2. The van der Waals surface area contributed by atoms with Gasteiger partial charge in [-0.25, -0.2) is 4.98 Å². The first-order valence-electron chi connectivity index (χ1n) is 5.82. The van der Waals surface area contributed by atoms with Gasteiger partial charge in [0.25, 0.3) is 0 Å². The van der Waals surface area contributed by atoms with Crippen LogP contribution < -0.4 is 5.73 Å². The average molecular weight is 251 g/mol. The number of nitrogens with zero attached hydrogens (tertiary/aromatic N) is 2. The van der Waals surface area contributed by atoms with Crippen molar-refractivity contribution in [2.75, 3.05) is 32.0 Å². The molecule has 2 rings (SSSR count). The smallest absolute Gasteiger partial charge is 0.209 e.